The lowest BCUT2D eigenvalue weighted by atomic mass is 10.1. The first-order chi connectivity index (χ1) is 16.0. The Balaban J connectivity index is 1.50. The van der Waals surface area contributed by atoms with Gasteiger partial charge in [0, 0.05) is 23.7 Å². The molecule has 1 aliphatic heterocycles. The van der Waals surface area contributed by atoms with Crippen molar-refractivity contribution in [2.45, 2.75) is 18.1 Å². The highest BCUT2D eigenvalue weighted by Crippen LogP contribution is 2.32. The largest absolute Gasteiger partial charge is 0.326 e. The molecule has 0 unspecified atom stereocenters. The van der Waals surface area contributed by atoms with Crippen LogP contribution in [0.2, 0.25) is 5.02 Å². The van der Waals surface area contributed by atoms with E-state index in [1.54, 1.807) is 53.4 Å². The highest BCUT2D eigenvalue weighted by Gasteiger charge is 2.39. The van der Waals surface area contributed by atoms with Crippen LogP contribution in [0.25, 0.3) is 0 Å². The van der Waals surface area contributed by atoms with E-state index < -0.39 is 5.25 Å². The predicted molar refractivity (Wildman–Crippen MR) is 131 cm³/mol. The molecule has 3 aromatic rings. The maximum Gasteiger partial charge on any atom is 0.242 e. The lowest BCUT2D eigenvalue weighted by molar-refractivity contribution is -0.128. The lowest BCUT2D eigenvalue weighted by Crippen LogP contribution is -2.35. The number of rotatable bonds is 7. The fraction of sp³-hybridized carbons (Fsp3) is 0.160. The number of hydrogen-bond acceptors (Lipinski definition) is 4. The van der Waals surface area contributed by atoms with Crippen LogP contribution < -0.4 is 5.32 Å². The molecule has 8 heteroatoms. The van der Waals surface area contributed by atoms with Crippen LogP contribution in [0.3, 0.4) is 0 Å². The zero-order chi connectivity index (χ0) is 23.2. The van der Waals surface area contributed by atoms with Gasteiger partial charge in [-0.3, -0.25) is 14.5 Å². The van der Waals surface area contributed by atoms with Crippen LogP contribution in [0.15, 0.2) is 83.9 Å². The minimum atomic E-state index is -0.576. The molecule has 33 heavy (non-hydrogen) atoms. The third-order valence-electron chi connectivity index (χ3n) is 5.04. The van der Waals surface area contributed by atoms with E-state index in [0.717, 1.165) is 5.56 Å². The first kappa shape index (κ1) is 23.0. The van der Waals surface area contributed by atoms with Gasteiger partial charge in [0.1, 0.15) is 11.1 Å². The number of nitrogens with zero attached hydrogens (tertiary/aromatic N) is 2. The molecule has 0 bridgehead atoms. The summed E-state index contributed by atoms with van der Waals surface area (Å²) in [5.41, 5.74) is 2.25. The number of amides is 2. The second-order valence-corrected chi connectivity index (χ2v) is 9.07. The Morgan fingerprint density at radius 3 is 2.42 bits per heavy atom. The summed E-state index contributed by atoms with van der Waals surface area (Å²) in [7, 11) is 0. The first-order valence-electron chi connectivity index (χ1n) is 10.4. The van der Waals surface area contributed by atoms with Gasteiger partial charge in [0.2, 0.25) is 11.8 Å². The number of hydrogen-bond donors (Lipinski definition) is 1. The Morgan fingerprint density at radius 1 is 1.03 bits per heavy atom. The number of amidine groups is 1. The summed E-state index contributed by atoms with van der Waals surface area (Å²) in [5, 5.41) is 3.37. The van der Waals surface area contributed by atoms with Crippen molar-refractivity contribution in [3.05, 3.63) is 95.3 Å². The summed E-state index contributed by atoms with van der Waals surface area (Å²) < 4.78 is 13.2. The fourth-order valence-corrected chi connectivity index (χ4v) is 4.66. The summed E-state index contributed by atoms with van der Waals surface area (Å²) in [5.74, 6) is -0.711. The first-order valence-corrected chi connectivity index (χ1v) is 11.7. The van der Waals surface area contributed by atoms with Gasteiger partial charge in [0.15, 0.2) is 5.17 Å². The standard InChI is InChI=1S/C25H21ClFN3O2S/c26-18-8-12-21(13-9-18)29-25-30(15-14-17-6-10-19(27)11-7-17)24(32)22(33-25)16-23(31)28-20-4-2-1-3-5-20/h1-13,22H,14-16H2,(H,28,31)/t22-/m0/s1. The van der Waals surface area contributed by atoms with E-state index in [1.807, 2.05) is 18.2 Å². The molecule has 0 spiro atoms. The van der Waals surface area contributed by atoms with Gasteiger partial charge in [-0.15, -0.1) is 0 Å². The number of benzene rings is 3. The SMILES string of the molecule is O=C(C[C@@H]1SC(=Nc2ccc(Cl)cc2)N(CCc2ccc(F)cc2)C1=O)Nc1ccccc1. The van der Waals surface area contributed by atoms with Gasteiger partial charge in [-0.05, 0) is 60.5 Å². The van der Waals surface area contributed by atoms with Gasteiger partial charge >= 0.3 is 0 Å². The molecule has 0 aliphatic carbocycles. The topological polar surface area (TPSA) is 61.8 Å². The minimum Gasteiger partial charge on any atom is -0.326 e. The molecule has 1 atom stereocenters. The number of anilines is 1. The number of para-hydroxylation sites is 1. The van der Waals surface area contributed by atoms with Gasteiger partial charge in [-0.25, -0.2) is 9.38 Å². The Hall–Kier alpha value is -3.16. The average Bonchev–Trinajstić information content (AvgIpc) is 3.09. The molecule has 1 fully saturated rings. The third-order valence-corrected chi connectivity index (χ3v) is 6.46. The van der Waals surface area contributed by atoms with E-state index in [2.05, 4.69) is 10.3 Å². The van der Waals surface area contributed by atoms with Crippen LogP contribution in [0.4, 0.5) is 15.8 Å². The summed E-state index contributed by atoms with van der Waals surface area (Å²) in [6.45, 7) is 0.376. The highest BCUT2D eigenvalue weighted by molar-refractivity contribution is 8.15. The number of carbonyl (C=O) groups is 2. The van der Waals surface area contributed by atoms with Crippen LogP contribution in [0.1, 0.15) is 12.0 Å². The summed E-state index contributed by atoms with van der Waals surface area (Å²) in [6, 6.07) is 22.3. The number of carbonyl (C=O) groups excluding carboxylic acids is 2. The van der Waals surface area contributed by atoms with Gasteiger partial charge in [-0.2, -0.15) is 0 Å². The van der Waals surface area contributed by atoms with Gasteiger partial charge in [0.25, 0.3) is 0 Å². The quantitative estimate of drug-likeness (QED) is 0.472. The van der Waals surface area contributed by atoms with E-state index in [0.29, 0.717) is 34.5 Å². The number of aliphatic imine (C=N–C) groups is 1. The van der Waals surface area contributed by atoms with Gasteiger partial charge in [-0.1, -0.05) is 53.7 Å². The van der Waals surface area contributed by atoms with Gasteiger partial charge in [0.05, 0.1) is 5.69 Å². The molecule has 0 radical (unpaired) electrons. The van der Waals surface area contributed by atoms with Gasteiger partial charge < -0.3 is 5.32 Å². The fourth-order valence-electron chi connectivity index (χ4n) is 3.35. The molecular formula is C25H21ClFN3O2S. The maximum atomic E-state index is 13.2. The smallest absolute Gasteiger partial charge is 0.242 e. The van der Waals surface area contributed by atoms with Crippen molar-refractivity contribution >= 4 is 51.7 Å². The monoisotopic (exact) mass is 481 g/mol. The second kappa shape index (κ2) is 10.6. The molecule has 4 rings (SSSR count). The molecular weight excluding hydrogens is 461 g/mol. The second-order valence-electron chi connectivity index (χ2n) is 7.46. The molecule has 5 nitrogen and oxygen atoms in total. The Morgan fingerprint density at radius 2 is 1.73 bits per heavy atom. The van der Waals surface area contributed by atoms with Crippen LogP contribution in [0.5, 0.6) is 0 Å². The molecule has 3 aromatic carbocycles. The van der Waals surface area contributed by atoms with Crippen molar-refractivity contribution in [1.29, 1.82) is 0 Å². The summed E-state index contributed by atoms with van der Waals surface area (Å²) in [6.07, 6.45) is 0.570. The average molecular weight is 482 g/mol. The highest BCUT2D eigenvalue weighted by atomic mass is 35.5. The van der Waals surface area contributed by atoms with Crippen molar-refractivity contribution < 1.29 is 14.0 Å². The Labute approximate surface area is 200 Å². The van der Waals surface area contributed by atoms with Crippen LogP contribution in [-0.4, -0.2) is 33.7 Å². The zero-order valence-electron chi connectivity index (χ0n) is 17.6. The molecule has 1 heterocycles. The summed E-state index contributed by atoms with van der Waals surface area (Å²) >= 11 is 7.24. The zero-order valence-corrected chi connectivity index (χ0v) is 19.2. The van der Waals surface area contributed by atoms with Crippen molar-refractivity contribution in [2.24, 2.45) is 4.99 Å². The van der Waals surface area contributed by atoms with E-state index >= 15 is 0 Å². The molecule has 0 aromatic heterocycles. The molecule has 2 amide bonds. The molecule has 0 saturated carbocycles. The minimum absolute atomic E-state index is 0.0328. The van der Waals surface area contributed by atoms with Crippen molar-refractivity contribution in [3.8, 4) is 0 Å². The Bertz CT molecular complexity index is 1150. The van der Waals surface area contributed by atoms with E-state index in [4.69, 9.17) is 11.6 Å². The van der Waals surface area contributed by atoms with E-state index in [1.165, 1.54) is 23.9 Å². The van der Waals surface area contributed by atoms with Crippen LogP contribution in [-0.2, 0) is 16.0 Å². The summed E-state index contributed by atoms with van der Waals surface area (Å²) in [4.78, 5) is 32.0. The van der Waals surface area contributed by atoms with Crippen molar-refractivity contribution in [1.82, 2.24) is 4.90 Å². The molecule has 1 saturated heterocycles. The number of nitrogens with one attached hydrogen (secondary N) is 1. The van der Waals surface area contributed by atoms with Crippen LogP contribution >= 0.6 is 23.4 Å². The lowest BCUT2D eigenvalue weighted by Gasteiger charge is -2.16. The molecule has 1 N–H and O–H groups in total. The van der Waals surface area contributed by atoms with Crippen molar-refractivity contribution in [2.75, 3.05) is 11.9 Å². The van der Waals surface area contributed by atoms with E-state index in [9.17, 15) is 14.0 Å². The van der Waals surface area contributed by atoms with Crippen molar-refractivity contribution in [3.63, 3.8) is 0 Å². The Kier molecular flexibility index (Phi) is 7.42. The number of halogens is 2. The van der Waals surface area contributed by atoms with Crippen LogP contribution in [0, 0.1) is 5.82 Å². The molecule has 168 valence electrons. The third kappa shape index (κ3) is 6.21. The maximum absolute atomic E-state index is 13.2. The number of thioether (sulfide) groups is 1. The predicted octanol–water partition coefficient (Wildman–Crippen LogP) is 5.68. The molecule has 1 aliphatic rings. The normalized spacial score (nSPS) is 16.9. The van der Waals surface area contributed by atoms with E-state index in [-0.39, 0.29) is 24.1 Å².